The molecule has 0 radical (unpaired) electrons. The number of benzene rings is 3. The van der Waals surface area contributed by atoms with Crippen molar-refractivity contribution in [1.29, 1.82) is 0 Å². The minimum Gasteiger partial charge on any atom is -0.355 e. The smallest absolute Gasteiger partial charge is 0.0443 e. The van der Waals surface area contributed by atoms with Crippen LogP contribution < -0.4 is 10.6 Å². The predicted octanol–water partition coefficient (Wildman–Crippen LogP) is 6.41. The molecule has 0 unspecified atom stereocenters. The second-order valence-corrected chi connectivity index (χ2v) is 6.36. The summed E-state index contributed by atoms with van der Waals surface area (Å²) in [5, 5.41) is 7.05. The van der Waals surface area contributed by atoms with Gasteiger partial charge in [-0.05, 0) is 74.2 Å². The Morgan fingerprint density at radius 3 is 1.04 bits per heavy atom. The van der Waals surface area contributed by atoms with Crippen molar-refractivity contribution >= 4 is 22.7 Å². The Morgan fingerprint density at radius 2 is 0.750 bits per heavy atom. The molecule has 0 aliphatic rings. The Labute approximate surface area is 144 Å². The summed E-state index contributed by atoms with van der Waals surface area (Å²) in [7, 11) is 0. The van der Waals surface area contributed by atoms with Gasteiger partial charge < -0.3 is 10.6 Å². The first-order chi connectivity index (χ1) is 11.5. The van der Waals surface area contributed by atoms with Crippen LogP contribution in [0.25, 0.3) is 0 Å². The van der Waals surface area contributed by atoms with Gasteiger partial charge in [-0.2, -0.15) is 0 Å². The van der Waals surface area contributed by atoms with Crippen molar-refractivity contribution in [2.24, 2.45) is 0 Å². The molecule has 0 bridgehead atoms. The second kappa shape index (κ2) is 6.79. The molecule has 0 amide bonds. The molecule has 3 rings (SSSR count). The number of anilines is 4. The van der Waals surface area contributed by atoms with E-state index in [2.05, 4.69) is 99.0 Å². The molecular formula is C22H24N2. The lowest BCUT2D eigenvalue weighted by Crippen LogP contribution is -1.98. The van der Waals surface area contributed by atoms with Gasteiger partial charge in [-0.3, -0.25) is 0 Å². The SMILES string of the molecule is Cc1cccc(C)c1Nc1ccc(Nc2c(C)cccc2C)cc1. The van der Waals surface area contributed by atoms with E-state index in [1.165, 1.54) is 33.6 Å². The Hall–Kier alpha value is -2.74. The molecule has 0 aliphatic carbocycles. The largest absolute Gasteiger partial charge is 0.355 e. The highest BCUT2D eigenvalue weighted by atomic mass is 14.9. The zero-order valence-electron chi connectivity index (χ0n) is 14.8. The summed E-state index contributed by atoms with van der Waals surface area (Å²) in [6, 6.07) is 21.2. The van der Waals surface area contributed by atoms with Crippen LogP contribution in [0.1, 0.15) is 22.3 Å². The number of para-hydroxylation sites is 2. The molecule has 2 nitrogen and oxygen atoms in total. The summed E-state index contributed by atoms with van der Waals surface area (Å²) < 4.78 is 0. The van der Waals surface area contributed by atoms with E-state index in [-0.39, 0.29) is 0 Å². The van der Waals surface area contributed by atoms with Crippen LogP contribution >= 0.6 is 0 Å². The Kier molecular flexibility index (Phi) is 4.57. The molecule has 0 heterocycles. The minimum absolute atomic E-state index is 1.10. The molecule has 2 heteroatoms. The number of aryl methyl sites for hydroxylation is 4. The van der Waals surface area contributed by atoms with Gasteiger partial charge in [-0.25, -0.2) is 0 Å². The fraction of sp³-hybridized carbons (Fsp3) is 0.182. The molecule has 0 spiro atoms. The molecule has 0 saturated carbocycles. The summed E-state index contributed by atoms with van der Waals surface area (Å²) in [5.74, 6) is 0. The van der Waals surface area contributed by atoms with Crippen LogP contribution in [0.15, 0.2) is 60.7 Å². The third kappa shape index (κ3) is 3.43. The van der Waals surface area contributed by atoms with Crippen molar-refractivity contribution < 1.29 is 0 Å². The van der Waals surface area contributed by atoms with E-state index in [9.17, 15) is 0 Å². The van der Waals surface area contributed by atoms with Crippen LogP contribution in [-0.2, 0) is 0 Å². The molecule has 0 fully saturated rings. The molecule has 24 heavy (non-hydrogen) atoms. The zero-order chi connectivity index (χ0) is 17.1. The molecule has 2 N–H and O–H groups in total. The Bertz CT molecular complexity index is 735. The molecule has 0 atom stereocenters. The maximum atomic E-state index is 3.53. The number of rotatable bonds is 4. The lowest BCUT2D eigenvalue weighted by molar-refractivity contribution is 1.35. The molecule has 3 aromatic carbocycles. The maximum absolute atomic E-state index is 3.53. The van der Waals surface area contributed by atoms with Crippen LogP contribution in [0, 0.1) is 27.7 Å². The summed E-state index contributed by atoms with van der Waals surface area (Å²) in [5.41, 5.74) is 9.60. The predicted molar refractivity (Wildman–Crippen MR) is 105 cm³/mol. The first-order valence-corrected chi connectivity index (χ1v) is 8.31. The van der Waals surface area contributed by atoms with Crippen molar-refractivity contribution in [3.05, 3.63) is 82.9 Å². The summed E-state index contributed by atoms with van der Waals surface area (Å²) in [4.78, 5) is 0. The lowest BCUT2D eigenvalue weighted by Gasteiger charge is -2.15. The molecule has 0 aromatic heterocycles. The first kappa shape index (κ1) is 16.1. The highest BCUT2D eigenvalue weighted by Crippen LogP contribution is 2.27. The fourth-order valence-electron chi connectivity index (χ4n) is 2.95. The van der Waals surface area contributed by atoms with Gasteiger partial charge in [0, 0.05) is 22.7 Å². The third-order valence-electron chi connectivity index (χ3n) is 4.39. The number of hydrogen-bond donors (Lipinski definition) is 2. The van der Waals surface area contributed by atoms with Crippen molar-refractivity contribution in [3.8, 4) is 0 Å². The van der Waals surface area contributed by atoms with E-state index in [0.29, 0.717) is 0 Å². The quantitative estimate of drug-likeness (QED) is 0.581. The van der Waals surface area contributed by atoms with Gasteiger partial charge in [0.1, 0.15) is 0 Å². The highest BCUT2D eigenvalue weighted by Gasteiger charge is 2.04. The standard InChI is InChI=1S/C22H24N2/c1-15-7-5-8-16(2)21(15)23-19-11-13-20(14-12-19)24-22-17(3)9-6-10-18(22)4/h5-14,23-24H,1-4H3. The second-order valence-electron chi connectivity index (χ2n) is 6.36. The van der Waals surface area contributed by atoms with Crippen molar-refractivity contribution in [2.75, 3.05) is 10.6 Å². The average Bonchev–Trinajstić information content (AvgIpc) is 2.56. The van der Waals surface area contributed by atoms with E-state index in [1.54, 1.807) is 0 Å². The highest BCUT2D eigenvalue weighted by molar-refractivity contribution is 5.71. The van der Waals surface area contributed by atoms with Crippen molar-refractivity contribution in [1.82, 2.24) is 0 Å². The summed E-state index contributed by atoms with van der Waals surface area (Å²) in [6.45, 7) is 8.52. The van der Waals surface area contributed by atoms with Gasteiger partial charge in [-0.15, -0.1) is 0 Å². The number of nitrogens with one attached hydrogen (secondary N) is 2. The van der Waals surface area contributed by atoms with E-state index in [0.717, 1.165) is 11.4 Å². The van der Waals surface area contributed by atoms with Gasteiger partial charge in [0.2, 0.25) is 0 Å². The minimum atomic E-state index is 1.10. The van der Waals surface area contributed by atoms with E-state index in [1.807, 2.05) is 0 Å². The Balaban J connectivity index is 1.79. The van der Waals surface area contributed by atoms with Gasteiger partial charge in [0.05, 0.1) is 0 Å². The molecule has 122 valence electrons. The molecular weight excluding hydrogens is 292 g/mol. The summed E-state index contributed by atoms with van der Waals surface area (Å²) >= 11 is 0. The first-order valence-electron chi connectivity index (χ1n) is 8.31. The summed E-state index contributed by atoms with van der Waals surface area (Å²) in [6.07, 6.45) is 0. The van der Waals surface area contributed by atoms with Gasteiger partial charge in [0.25, 0.3) is 0 Å². The van der Waals surface area contributed by atoms with Crippen molar-refractivity contribution in [2.45, 2.75) is 27.7 Å². The fourth-order valence-corrected chi connectivity index (χ4v) is 2.95. The molecule has 0 saturated heterocycles. The van der Waals surface area contributed by atoms with E-state index < -0.39 is 0 Å². The van der Waals surface area contributed by atoms with Crippen LogP contribution in [0.5, 0.6) is 0 Å². The maximum Gasteiger partial charge on any atom is 0.0443 e. The monoisotopic (exact) mass is 316 g/mol. The van der Waals surface area contributed by atoms with Gasteiger partial charge in [0.15, 0.2) is 0 Å². The van der Waals surface area contributed by atoms with Crippen LogP contribution in [0.3, 0.4) is 0 Å². The average molecular weight is 316 g/mol. The van der Waals surface area contributed by atoms with Crippen molar-refractivity contribution in [3.63, 3.8) is 0 Å². The zero-order valence-corrected chi connectivity index (χ0v) is 14.8. The van der Waals surface area contributed by atoms with E-state index in [4.69, 9.17) is 0 Å². The molecule has 0 aliphatic heterocycles. The van der Waals surface area contributed by atoms with Crippen LogP contribution in [0.4, 0.5) is 22.7 Å². The van der Waals surface area contributed by atoms with Gasteiger partial charge >= 0.3 is 0 Å². The molecule has 3 aromatic rings. The number of hydrogen-bond acceptors (Lipinski definition) is 2. The van der Waals surface area contributed by atoms with Gasteiger partial charge in [-0.1, -0.05) is 36.4 Å². The van der Waals surface area contributed by atoms with E-state index >= 15 is 0 Å². The van der Waals surface area contributed by atoms with Crippen LogP contribution in [0.2, 0.25) is 0 Å². The van der Waals surface area contributed by atoms with Crippen LogP contribution in [-0.4, -0.2) is 0 Å². The lowest BCUT2D eigenvalue weighted by atomic mass is 10.1. The Morgan fingerprint density at radius 1 is 0.458 bits per heavy atom. The third-order valence-corrected chi connectivity index (χ3v) is 4.39. The normalized spacial score (nSPS) is 10.5. The topological polar surface area (TPSA) is 24.1 Å².